The molecule has 6 nitrogen and oxygen atoms in total. The van der Waals surface area contributed by atoms with Crippen molar-refractivity contribution >= 4 is 10.0 Å². The molecule has 2 fully saturated rings. The highest BCUT2D eigenvalue weighted by Crippen LogP contribution is 2.38. The van der Waals surface area contributed by atoms with Gasteiger partial charge in [-0.2, -0.15) is 0 Å². The Morgan fingerprint density at radius 2 is 1.83 bits per heavy atom. The molecule has 162 valence electrons. The van der Waals surface area contributed by atoms with Crippen molar-refractivity contribution < 1.29 is 17.9 Å². The molecule has 1 aliphatic carbocycles. The van der Waals surface area contributed by atoms with Crippen molar-refractivity contribution in [2.75, 3.05) is 32.6 Å². The van der Waals surface area contributed by atoms with Gasteiger partial charge >= 0.3 is 0 Å². The van der Waals surface area contributed by atoms with Crippen LogP contribution in [-0.4, -0.2) is 64.1 Å². The first-order valence-electron chi connectivity index (χ1n) is 11.0. The third kappa shape index (κ3) is 5.51. The maximum absolute atomic E-state index is 12.0. The quantitative estimate of drug-likeness (QED) is 0.794. The summed E-state index contributed by atoms with van der Waals surface area (Å²) in [6, 6.07) is 8.39. The first-order valence-corrected chi connectivity index (χ1v) is 12.9. The summed E-state index contributed by atoms with van der Waals surface area (Å²) in [5.41, 5.74) is 1.33. The Labute approximate surface area is 175 Å². The molecular weight excluding hydrogens is 388 g/mol. The normalized spacial score (nSPS) is 31.9. The summed E-state index contributed by atoms with van der Waals surface area (Å²) in [7, 11) is -3.26. The zero-order valence-electron chi connectivity index (χ0n) is 17.4. The standard InChI is InChI=1S/C22H34N2O4S/c1-29(25,26)23-20-7-4-5-13-24-14-15-27-22-8-3-2-6-19(22)17-9-11-18(12-10-17)28-16-21(20)24/h2-3,6,8,17-18,20-21,23H,4-5,7,9-16H2,1H3/t17?,18?,20-,21?/m0/s1. The van der Waals surface area contributed by atoms with Gasteiger partial charge < -0.3 is 9.47 Å². The van der Waals surface area contributed by atoms with Gasteiger partial charge in [0.1, 0.15) is 12.4 Å². The zero-order chi connectivity index (χ0) is 20.3. The second-order valence-corrected chi connectivity index (χ2v) is 10.6. The van der Waals surface area contributed by atoms with E-state index in [9.17, 15) is 8.42 Å². The van der Waals surface area contributed by atoms with Crippen LogP contribution in [0.2, 0.25) is 0 Å². The van der Waals surface area contributed by atoms with Crippen molar-refractivity contribution in [3.8, 4) is 5.75 Å². The van der Waals surface area contributed by atoms with Gasteiger partial charge in [0.15, 0.2) is 0 Å². The zero-order valence-corrected chi connectivity index (χ0v) is 18.2. The van der Waals surface area contributed by atoms with E-state index in [1.807, 2.05) is 6.07 Å². The molecule has 7 heteroatoms. The van der Waals surface area contributed by atoms with E-state index in [2.05, 4.69) is 27.8 Å². The smallest absolute Gasteiger partial charge is 0.209 e. The van der Waals surface area contributed by atoms with Crippen molar-refractivity contribution in [2.45, 2.75) is 69.1 Å². The molecule has 1 unspecified atom stereocenters. The number of fused-ring (bicyclic) bond motifs is 5. The molecular formula is C22H34N2O4S. The number of ether oxygens (including phenoxy) is 2. The van der Waals surface area contributed by atoms with E-state index in [4.69, 9.17) is 9.47 Å². The highest BCUT2D eigenvalue weighted by molar-refractivity contribution is 7.88. The molecule has 1 saturated heterocycles. The minimum Gasteiger partial charge on any atom is -0.492 e. The minimum atomic E-state index is -3.26. The van der Waals surface area contributed by atoms with E-state index in [1.165, 1.54) is 11.8 Å². The van der Waals surface area contributed by atoms with Gasteiger partial charge in [-0.3, -0.25) is 4.90 Å². The lowest BCUT2D eigenvalue weighted by Gasteiger charge is -2.36. The van der Waals surface area contributed by atoms with Crippen LogP contribution in [0.5, 0.6) is 5.75 Å². The Balaban J connectivity index is 1.58. The van der Waals surface area contributed by atoms with Gasteiger partial charge in [0.05, 0.1) is 19.0 Å². The third-order valence-electron chi connectivity index (χ3n) is 6.68. The number of rotatable bonds is 2. The molecule has 3 aliphatic heterocycles. The van der Waals surface area contributed by atoms with Crippen molar-refractivity contribution in [3.63, 3.8) is 0 Å². The third-order valence-corrected chi connectivity index (χ3v) is 7.41. The number of nitrogens with one attached hydrogen (secondary N) is 1. The number of para-hydroxylation sites is 1. The molecule has 2 atom stereocenters. The molecule has 0 radical (unpaired) electrons. The summed E-state index contributed by atoms with van der Waals surface area (Å²) in [5.74, 6) is 1.55. The first kappa shape index (κ1) is 21.1. The Kier molecular flexibility index (Phi) is 6.79. The molecule has 2 bridgehead atoms. The second kappa shape index (κ2) is 9.33. The summed E-state index contributed by atoms with van der Waals surface area (Å²) in [6.45, 7) is 2.92. The molecule has 0 spiro atoms. The number of benzene rings is 1. The van der Waals surface area contributed by atoms with Crippen LogP contribution in [0.25, 0.3) is 0 Å². The summed E-state index contributed by atoms with van der Waals surface area (Å²) in [6.07, 6.45) is 8.80. The SMILES string of the molecule is CS(=O)(=O)N[C@H]1CCCCN2CCOc3ccccc3C3CCC(CC3)OCC12. The van der Waals surface area contributed by atoms with Gasteiger partial charge in [0, 0.05) is 18.6 Å². The average molecular weight is 423 g/mol. The average Bonchev–Trinajstić information content (AvgIpc) is 2.86. The summed E-state index contributed by atoms with van der Waals surface area (Å²) >= 11 is 0. The fourth-order valence-electron chi connectivity index (χ4n) is 5.20. The molecule has 0 aromatic heterocycles. The maximum Gasteiger partial charge on any atom is 0.209 e. The van der Waals surface area contributed by atoms with E-state index >= 15 is 0 Å². The van der Waals surface area contributed by atoms with Gasteiger partial charge in [-0.05, 0) is 62.6 Å². The van der Waals surface area contributed by atoms with Crippen LogP contribution >= 0.6 is 0 Å². The number of hydrogen-bond donors (Lipinski definition) is 1. The molecule has 0 amide bonds. The Bertz CT molecular complexity index is 777. The summed E-state index contributed by atoms with van der Waals surface area (Å²) in [4.78, 5) is 2.38. The van der Waals surface area contributed by atoms with Crippen LogP contribution in [0.3, 0.4) is 0 Å². The first-order chi connectivity index (χ1) is 14.0. The fourth-order valence-corrected chi connectivity index (χ4v) is 6.03. The van der Waals surface area contributed by atoms with Crippen molar-refractivity contribution in [1.82, 2.24) is 9.62 Å². The molecule has 29 heavy (non-hydrogen) atoms. The molecule has 1 aromatic carbocycles. The van der Waals surface area contributed by atoms with E-state index in [1.54, 1.807) is 0 Å². The molecule has 1 N–H and O–H groups in total. The monoisotopic (exact) mass is 422 g/mol. The molecule has 5 rings (SSSR count). The lowest BCUT2D eigenvalue weighted by molar-refractivity contribution is -0.0170. The number of nitrogens with zero attached hydrogens (tertiary/aromatic N) is 1. The highest BCUT2D eigenvalue weighted by atomic mass is 32.2. The van der Waals surface area contributed by atoms with Gasteiger partial charge in [-0.25, -0.2) is 13.1 Å². The van der Waals surface area contributed by atoms with Crippen LogP contribution in [0.1, 0.15) is 56.4 Å². The van der Waals surface area contributed by atoms with Crippen molar-refractivity contribution in [2.24, 2.45) is 0 Å². The van der Waals surface area contributed by atoms with Crippen LogP contribution in [0.4, 0.5) is 0 Å². The van der Waals surface area contributed by atoms with Crippen LogP contribution < -0.4 is 9.46 Å². The van der Waals surface area contributed by atoms with Gasteiger partial charge in [-0.15, -0.1) is 0 Å². The van der Waals surface area contributed by atoms with Crippen LogP contribution in [0.15, 0.2) is 24.3 Å². The Morgan fingerprint density at radius 1 is 1.03 bits per heavy atom. The maximum atomic E-state index is 12.0. The van der Waals surface area contributed by atoms with Crippen LogP contribution in [0, 0.1) is 0 Å². The Hall–Kier alpha value is -1.15. The van der Waals surface area contributed by atoms with Gasteiger partial charge in [-0.1, -0.05) is 24.6 Å². The van der Waals surface area contributed by atoms with E-state index in [0.717, 1.165) is 63.8 Å². The molecule has 1 saturated carbocycles. The van der Waals surface area contributed by atoms with E-state index < -0.39 is 10.0 Å². The molecule has 1 aromatic rings. The van der Waals surface area contributed by atoms with Gasteiger partial charge in [0.25, 0.3) is 0 Å². The Morgan fingerprint density at radius 3 is 2.62 bits per heavy atom. The predicted molar refractivity (Wildman–Crippen MR) is 114 cm³/mol. The van der Waals surface area contributed by atoms with E-state index in [-0.39, 0.29) is 18.2 Å². The second-order valence-electron chi connectivity index (χ2n) is 8.79. The molecule has 3 heterocycles. The number of sulfonamides is 1. The summed E-state index contributed by atoms with van der Waals surface area (Å²) in [5, 5.41) is 0. The minimum absolute atomic E-state index is 0.0459. The van der Waals surface area contributed by atoms with Crippen molar-refractivity contribution in [3.05, 3.63) is 29.8 Å². The predicted octanol–water partition coefficient (Wildman–Crippen LogP) is 2.89. The van der Waals surface area contributed by atoms with Gasteiger partial charge in [0.2, 0.25) is 10.0 Å². The van der Waals surface area contributed by atoms with Crippen molar-refractivity contribution in [1.29, 1.82) is 0 Å². The topological polar surface area (TPSA) is 67.9 Å². The molecule has 4 aliphatic rings. The number of hydrogen-bond acceptors (Lipinski definition) is 5. The summed E-state index contributed by atoms with van der Waals surface area (Å²) < 4.78 is 39.5. The highest BCUT2D eigenvalue weighted by Gasteiger charge is 2.34. The van der Waals surface area contributed by atoms with E-state index in [0.29, 0.717) is 19.1 Å². The fraction of sp³-hybridized carbons (Fsp3) is 0.727. The van der Waals surface area contributed by atoms with Crippen LogP contribution in [-0.2, 0) is 14.8 Å². The lowest BCUT2D eigenvalue weighted by Crippen LogP contribution is -2.54. The largest absolute Gasteiger partial charge is 0.492 e. The lowest BCUT2D eigenvalue weighted by atomic mass is 9.82.